The fraction of sp³-hybridized carbons (Fsp3) is 0.107. The fourth-order valence-corrected chi connectivity index (χ4v) is 4.24. The molecular formula is C28H23ClO5S. The monoisotopic (exact) mass is 506 g/mol. The van der Waals surface area contributed by atoms with Gasteiger partial charge in [0.25, 0.3) is 0 Å². The minimum Gasteiger partial charge on any atom is -0.481 e. The molecule has 0 atom stereocenters. The molecule has 0 bridgehead atoms. The first kappa shape index (κ1) is 24.5. The Morgan fingerprint density at radius 3 is 2.20 bits per heavy atom. The van der Waals surface area contributed by atoms with Crippen LogP contribution in [0.1, 0.15) is 11.1 Å². The van der Waals surface area contributed by atoms with Crippen LogP contribution in [0.2, 0.25) is 5.02 Å². The fourth-order valence-electron chi connectivity index (χ4n) is 3.34. The third kappa shape index (κ3) is 6.94. The molecule has 0 aromatic heterocycles. The van der Waals surface area contributed by atoms with Gasteiger partial charge in [-0.15, -0.1) is 11.8 Å². The van der Waals surface area contributed by atoms with Gasteiger partial charge in [-0.25, -0.2) is 0 Å². The number of hydrogen-bond donors (Lipinski definition) is 1. The van der Waals surface area contributed by atoms with Crippen molar-refractivity contribution < 1.29 is 24.1 Å². The molecule has 0 saturated heterocycles. The number of benzene rings is 4. The van der Waals surface area contributed by atoms with E-state index >= 15 is 0 Å². The van der Waals surface area contributed by atoms with Crippen LogP contribution in [0.3, 0.4) is 0 Å². The molecule has 0 aliphatic heterocycles. The standard InChI is InChI=1S/C28H23ClO5S/c1-18-12-23(32-22-9-11-27(19(2)14-22)35-17-28(30)31)16-24(13-18)34-25-10-8-20(29)15-26(25)33-21-6-4-3-5-7-21/h3-16H,17H2,1-2H3,(H,30,31). The van der Waals surface area contributed by atoms with E-state index in [1.165, 1.54) is 11.8 Å². The first-order valence-corrected chi connectivity index (χ1v) is 12.2. The van der Waals surface area contributed by atoms with Gasteiger partial charge in [0.05, 0.1) is 5.75 Å². The largest absolute Gasteiger partial charge is 0.481 e. The second-order valence-electron chi connectivity index (χ2n) is 7.80. The van der Waals surface area contributed by atoms with Gasteiger partial charge in [-0.05, 0) is 79.6 Å². The Bertz CT molecular complexity index is 1340. The molecule has 0 aliphatic rings. The molecule has 0 unspecified atom stereocenters. The molecule has 0 aliphatic carbocycles. The number of para-hydroxylation sites is 1. The predicted octanol–water partition coefficient (Wildman–Crippen LogP) is 8.51. The van der Waals surface area contributed by atoms with Crippen molar-refractivity contribution >= 4 is 29.3 Å². The minimum absolute atomic E-state index is 0.0142. The summed E-state index contributed by atoms with van der Waals surface area (Å²) in [6.45, 7) is 3.89. The highest BCUT2D eigenvalue weighted by Gasteiger charge is 2.11. The number of halogens is 1. The molecular weight excluding hydrogens is 484 g/mol. The van der Waals surface area contributed by atoms with Crippen LogP contribution in [0, 0.1) is 13.8 Å². The third-order valence-electron chi connectivity index (χ3n) is 4.86. The van der Waals surface area contributed by atoms with Crippen molar-refractivity contribution in [2.75, 3.05) is 5.75 Å². The van der Waals surface area contributed by atoms with E-state index in [-0.39, 0.29) is 5.75 Å². The van der Waals surface area contributed by atoms with E-state index in [0.717, 1.165) is 16.0 Å². The van der Waals surface area contributed by atoms with Crippen molar-refractivity contribution in [1.29, 1.82) is 0 Å². The lowest BCUT2D eigenvalue weighted by atomic mass is 10.2. The topological polar surface area (TPSA) is 65.0 Å². The normalized spacial score (nSPS) is 10.6. The Morgan fingerprint density at radius 2 is 1.49 bits per heavy atom. The number of carbonyl (C=O) groups is 1. The average Bonchev–Trinajstić information content (AvgIpc) is 2.80. The third-order valence-corrected chi connectivity index (χ3v) is 6.26. The zero-order chi connectivity index (χ0) is 24.8. The second-order valence-corrected chi connectivity index (χ2v) is 9.26. The minimum atomic E-state index is -0.847. The van der Waals surface area contributed by atoms with Crippen LogP contribution in [0.4, 0.5) is 0 Å². The summed E-state index contributed by atoms with van der Waals surface area (Å²) in [5, 5.41) is 9.44. The van der Waals surface area contributed by atoms with Crippen molar-refractivity contribution in [3.63, 3.8) is 0 Å². The lowest BCUT2D eigenvalue weighted by Gasteiger charge is -2.15. The maximum atomic E-state index is 10.8. The zero-order valence-electron chi connectivity index (χ0n) is 19.2. The maximum absolute atomic E-state index is 10.8. The summed E-state index contributed by atoms with van der Waals surface area (Å²) in [4.78, 5) is 11.7. The first-order valence-electron chi connectivity index (χ1n) is 10.8. The van der Waals surface area contributed by atoms with Crippen molar-refractivity contribution in [3.05, 3.63) is 101 Å². The van der Waals surface area contributed by atoms with Gasteiger partial charge in [0.1, 0.15) is 23.0 Å². The van der Waals surface area contributed by atoms with Gasteiger partial charge < -0.3 is 19.3 Å². The Kier molecular flexibility index (Phi) is 7.85. The van der Waals surface area contributed by atoms with Crippen LogP contribution in [-0.4, -0.2) is 16.8 Å². The maximum Gasteiger partial charge on any atom is 0.313 e. The summed E-state index contributed by atoms with van der Waals surface area (Å²) in [5.74, 6) is 2.71. The summed E-state index contributed by atoms with van der Waals surface area (Å²) in [5.41, 5.74) is 1.91. The highest BCUT2D eigenvalue weighted by atomic mass is 35.5. The van der Waals surface area contributed by atoms with E-state index in [0.29, 0.717) is 39.5 Å². The SMILES string of the molecule is Cc1cc(Oc2ccc(SCC(=O)O)c(C)c2)cc(Oc2ccc(Cl)cc2Oc2ccccc2)c1. The molecule has 35 heavy (non-hydrogen) atoms. The summed E-state index contributed by atoms with van der Waals surface area (Å²) < 4.78 is 18.3. The number of rotatable bonds is 9. The van der Waals surface area contributed by atoms with E-state index in [1.807, 2.05) is 74.5 Å². The molecule has 5 nitrogen and oxygen atoms in total. The molecule has 7 heteroatoms. The van der Waals surface area contributed by atoms with Crippen LogP contribution in [0.15, 0.2) is 89.8 Å². The molecule has 0 fully saturated rings. The molecule has 0 amide bonds. The predicted molar refractivity (Wildman–Crippen MR) is 139 cm³/mol. The summed E-state index contributed by atoms with van der Waals surface area (Å²) in [7, 11) is 0. The molecule has 4 aromatic rings. The number of aryl methyl sites for hydroxylation is 2. The van der Waals surface area contributed by atoms with Gasteiger partial charge in [-0.3, -0.25) is 4.79 Å². The average molecular weight is 507 g/mol. The van der Waals surface area contributed by atoms with E-state index in [9.17, 15) is 4.79 Å². The van der Waals surface area contributed by atoms with Crippen LogP contribution in [-0.2, 0) is 4.79 Å². The van der Waals surface area contributed by atoms with Gasteiger partial charge in [0.2, 0.25) is 0 Å². The van der Waals surface area contributed by atoms with Gasteiger partial charge in [-0.2, -0.15) is 0 Å². The number of hydrogen-bond acceptors (Lipinski definition) is 5. The molecule has 1 N–H and O–H groups in total. The highest BCUT2D eigenvalue weighted by molar-refractivity contribution is 8.00. The summed E-state index contributed by atoms with van der Waals surface area (Å²) >= 11 is 7.48. The van der Waals surface area contributed by atoms with Crippen LogP contribution in [0.25, 0.3) is 0 Å². The molecule has 4 rings (SSSR count). The van der Waals surface area contributed by atoms with Crippen LogP contribution in [0.5, 0.6) is 34.5 Å². The lowest BCUT2D eigenvalue weighted by molar-refractivity contribution is -0.133. The number of carboxylic acid groups (broad SMARTS) is 1. The Balaban J connectivity index is 1.54. The van der Waals surface area contributed by atoms with E-state index in [2.05, 4.69) is 0 Å². The van der Waals surface area contributed by atoms with Crippen LogP contribution < -0.4 is 14.2 Å². The number of carboxylic acids is 1. The highest BCUT2D eigenvalue weighted by Crippen LogP contribution is 2.38. The number of ether oxygens (including phenoxy) is 3. The molecule has 0 heterocycles. The molecule has 4 aromatic carbocycles. The van der Waals surface area contributed by atoms with Gasteiger partial charge in [0, 0.05) is 22.1 Å². The van der Waals surface area contributed by atoms with Crippen molar-refractivity contribution in [2.24, 2.45) is 0 Å². The van der Waals surface area contributed by atoms with E-state index in [1.54, 1.807) is 24.3 Å². The summed E-state index contributed by atoms with van der Waals surface area (Å²) in [6, 6.07) is 25.8. The number of aliphatic carboxylic acids is 1. The van der Waals surface area contributed by atoms with Gasteiger partial charge in [-0.1, -0.05) is 29.8 Å². The zero-order valence-corrected chi connectivity index (χ0v) is 20.7. The van der Waals surface area contributed by atoms with Crippen LogP contribution >= 0.6 is 23.4 Å². The van der Waals surface area contributed by atoms with Crippen molar-refractivity contribution in [1.82, 2.24) is 0 Å². The van der Waals surface area contributed by atoms with Gasteiger partial charge in [0.15, 0.2) is 11.5 Å². The van der Waals surface area contributed by atoms with E-state index in [4.69, 9.17) is 30.9 Å². The van der Waals surface area contributed by atoms with Gasteiger partial charge >= 0.3 is 5.97 Å². The van der Waals surface area contributed by atoms with Crippen molar-refractivity contribution in [3.8, 4) is 34.5 Å². The molecule has 0 spiro atoms. The first-order chi connectivity index (χ1) is 16.9. The second kappa shape index (κ2) is 11.2. The quantitative estimate of drug-likeness (QED) is 0.229. The molecule has 0 saturated carbocycles. The Labute approximate surface area is 213 Å². The molecule has 178 valence electrons. The lowest BCUT2D eigenvalue weighted by Crippen LogP contribution is -1.98. The Morgan fingerprint density at radius 1 is 0.771 bits per heavy atom. The van der Waals surface area contributed by atoms with Crippen molar-refractivity contribution in [2.45, 2.75) is 18.7 Å². The van der Waals surface area contributed by atoms with E-state index < -0.39 is 5.97 Å². The molecule has 0 radical (unpaired) electrons. The Hall–Kier alpha value is -3.61. The smallest absolute Gasteiger partial charge is 0.313 e. The number of thioether (sulfide) groups is 1. The summed E-state index contributed by atoms with van der Waals surface area (Å²) in [6.07, 6.45) is 0.